The molecule has 0 saturated carbocycles. The molecule has 1 aromatic carbocycles. The van der Waals surface area contributed by atoms with Gasteiger partial charge >= 0.3 is 5.97 Å². The summed E-state index contributed by atoms with van der Waals surface area (Å²) in [6, 6.07) is 4.12. The second-order valence-corrected chi connectivity index (χ2v) is 4.99. The number of hydrogen-bond acceptors (Lipinski definition) is 5. The molecule has 0 fully saturated rings. The van der Waals surface area contributed by atoms with E-state index in [0.717, 1.165) is 11.8 Å². The Morgan fingerprint density at radius 1 is 1.45 bits per heavy atom. The first-order valence-corrected chi connectivity index (χ1v) is 6.75. The van der Waals surface area contributed by atoms with Gasteiger partial charge in [-0.3, -0.25) is 9.36 Å². The highest BCUT2D eigenvalue weighted by molar-refractivity contribution is 7.99. The van der Waals surface area contributed by atoms with Crippen molar-refractivity contribution in [2.45, 2.75) is 11.8 Å². The van der Waals surface area contributed by atoms with E-state index in [1.807, 2.05) is 0 Å². The van der Waals surface area contributed by atoms with Crippen LogP contribution in [-0.2, 0) is 11.4 Å². The van der Waals surface area contributed by atoms with Gasteiger partial charge in [0.1, 0.15) is 18.1 Å². The van der Waals surface area contributed by atoms with Gasteiger partial charge in [0.25, 0.3) is 0 Å². The van der Waals surface area contributed by atoms with Crippen LogP contribution in [0.15, 0.2) is 23.4 Å². The molecule has 20 heavy (non-hydrogen) atoms. The Morgan fingerprint density at radius 2 is 2.20 bits per heavy atom. The highest BCUT2D eigenvalue weighted by Crippen LogP contribution is 2.29. The zero-order chi connectivity index (χ0) is 14.7. The molecule has 0 unspecified atom stereocenters. The third kappa shape index (κ3) is 2.92. The summed E-state index contributed by atoms with van der Waals surface area (Å²) in [5, 5.41) is 25.6. The van der Waals surface area contributed by atoms with Gasteiger partial charge in [-0.25, -0.2) is 4.39 Å². The zero-order valence-electron chi connectivity index (χ0n) is 9.95. The predicted molar refractivity (Wildman–Crippen MR) is 70.6 cm³/mol. The lowest BCUT2D eigenvalue weighted by Crippen LogP contribution is -2.07. The van der Waals surface area contributed by atoms with Gasteiger partial charge in [0.15, 0.2) is 11.0 Å². The number of aliphatic hydroxyl groups excluding tert-OH is 1. The van der Waals surface area contributed by atoms with Crippen molar-refractivity contribution < 1.29 is 19.4 Å². The standard InChI is InChI=1S/C11H9ClFN3O3S/c12-6-2-1-3-7(13)10(6)16-8(4-17)14-15-11(16)20-5-9(18)19/h1-3,17H,4-5H2,(H,18,19). The Bertz CT molecular complexity index is 630. The van der Waals surface area contributed by atoms with Crippen LogP contribution in [0.4, 0.5) is 4.39 Å². The molecular weight excluding hydrogens is 309 g/mol. The molecule has 2 aromatic rings. The fourth-order valence-electron chi connectivity index (χ4n) is 1.55. The molecule has 2 rings (SSSR count). The number of para-hydroxylation sites is 1. The molecule has 0 aliphatic heterocycles. The van der Waals surface area contributed by atoms with Gasteiger partial charge < -0.3 is 10.2 Å². The van der Waals surface area contributed by atoms with E-state index in [2.05, 4.69) is 10.2 Å². The maximum atomic E-state index is 13.9. The Balaban J connectivity index is 2.53. The van der Waals surface area contributed by atoms with Gasteiger partial charge in [0, 0.05) is 0 Å². The quantitative estimate of drug-likeness (QED) is 0.816. The Kier molecular flexibility index (Phi) is 4.58. The van der Waals surface area contributed by atoms with Crippen LogP contribution >= 0.6 is 23.4 Å². The minimum Gasteiger partial charge on any atom is -0.481 e. The number of nitrogens with zero attached hydrogens (tertiary/aromatic N) is 3. The molecule has 0 atom stereocenters. The SMILES string of the molecule is O=C(O)CSc1nnc(CO)n1-c1c(F)cccc1Cl. The number of benzene rings is 1. The summed E-state index contributed by atoms with van der Waals surface area (Å²) < 4.78 is 15.2. The highest BCUT2D eigenvalue weighted by atomic mass is 35.5. The summed E-state index contributed by atoms with van der Waals surface area (Å²) >= 11 is 6.82. The largest absolute Gasteiger partial charge is 0.481 e. The third-order valence-corrected chi connectivity index (χ3v) is 3.55. The summed E-state index contributed by atoms with van der Waals surface area (Å²) in [6.07, 6.45) is 0. The number of carboxylic acids is 1. The summed E-state index contributed by atoms with van der Waals surface area (Å²) in [4.78, 5) is 10.6. The number of aliphatic hydroxyl groups is 1. The molecule has 0 aliphatic rings. The van der Waals surface area contributed by atoms with E-state index in [-0.39, 0.29) is 27.4 Å². The molecule has 0 radical (unpaired) electrons. The Morgan fingerprint density at radius 3 is 2.80 bits per heavy atom. The van der Waals surface area contributed by atoms with Crippen molar-refractivity contribution >= 4 is 29.3 Å². The number of carbonyl (C=O) groups is 1. The van der Waals surface area contributed by atoms with E-state index in [9.17, 15) is 14.3 Å². The molecule has 0 saturated heterocycles. The van der Waals surface area contributed by atoms with Gasteiger partial charge in [-0.05, 0) is 12.1 Å². The average Bonchev–Trinajstić information content (AvgIpc) is 2.79. The second kappa shape index (κ2) is 6.21. The number of hydrogen-bond donors (Lipinski definition) is 2. The number of carboxylic acid groups (broad SMARTS) is 1. The lowest BCUT2D eigenvalue weighted by atomic mass is 10.3. The van der Waals surface area contributed by atoms with Crippen LogP contribution in [0.5, 0.6) is 0 Å². The van der Waals surface area contributed by atoms with Gasteiger partial charge in [0.05, 0.1) is 10.8 Å². The fourth-order valence-corrected chi connectivity index (χ4v) is 2.47. The molecule has 0 spiro atoms. The van der Waals surface area contributed by atoms with Crippen molar-refractivity contribution in [1.82, 2.24) is 14.8 Å². The number of aromatic nitrogens is 3. The summed E-state index contributed by atoms with van der Waals surface area (Å²) in [5.74, 6) is -1.86. The molecule has 1 aromatic heterocycles. The molecule has 2 N–H and O–H groups in total. The molecule has 6 nitrogen and oxygen atoms in total. The summed E-state index contributed by atoms with van der Waals surface area (Å²) in [6.45, 7) is -0.481. The average molecular weight is 318 g/mol. The summed E-state index contributed by atoms with van der Waals surface area (Å²) in [5.41, 5.74) is -0.0175. The highest BCUT2D eigenvalue weighted by Gasteiger charge is 2.19. The first-order valence-electron chi connectivity index (χ1n) is 5.38. The van der Waals surface area contributed by atoms with E-state index < -0.39 is 18.4 Å². The number of aliphatic carboxylic acids is 1. The van der Waals surface area contributed by atoms with Gasteiger partial charge in [0.2, 0.25) is 0 Å². The van der Waals surface area contributed by atoms with E-state index >= 15 is 0 Å². The van der Waals surface area contributed by atoms with Gasteiger partial charge in [-0.1, -0.05) is 29.4 Å². The minimum absolute atomic E-state index is 0.0175. The van der Waals surface area contributed by atoms with E-state index in [4.69, 9.17) is 16.7 Å². The van der Waals surface area contributed by atoms with Crippen molar-refractivity contribution in [3.8, 4) is 5.69 Å². The maximum absolute atomic E-state index is 13.9. The number of rotatable bonds is 5. The first kappa shape index (κ1) is 14.8. The van der Waals surface area contributed by atoms with Crippen LogP contribution in [0.3, 0.4) is 0 Å². The van der Waals surface area contributed by atoms with Crippen LogP contribution in [-0.4, -0.2) is 36.7 Å². The Hall–Kier alpha value is -1.64. The fraction of sp³-hybridized carbons (Fsp3) is 0.182. The van der Waals surface area contributed by atoms with Crippen molar-refractivity contribution in [2.75, 3.05) is 5.75 Å². The van der Waals surface area contributed by atoms with Crippen LogP contribution in [0.1, 0.15) is 5.82 Å². The van der Waals surface area contributed by atoms with Crippen molar-refractivity contribution in [1.29, 1.82) is 0 Å². The monoisotopic (exact) mass is 317 g/mol. The molecule has 0 amide bonds. The number of halogens is 2. The van der Waals surface area contributed by atoms with Crippen LogP contribution in [0, 0.1) is 5.82 Å². The zero-order valence-corrected chi connectivity index (χ0v) is 11.5. The van der Waals surface area contributed by atoms with Crippen molar-refractivity contribution in [2.24, 2.45) is 0 Å². The van der Waals surface area contributed by atoms with Crippen molar-refractivity contribution in [3.05, 3.63) is 34.9 Å². The molecule has 0 aliphatic carbocycles. The van der Waals surface area contributed by atoms with Crippen LogP contribution in [0.2, 0.25) is 5.02 Å². The van der Waals surface area contributed by atoms with Crippen LogP contribution in [0.25, 0.3) is 5.69 Å². The topological polar surface area (TPSA) is 88.2 Å². The van der Waals surface area contributed by atoms with E-state index in [1.165, 1.54) is 22.8 Å². The normalized spacial score (nSPS) is 10.8. The van der Waals surface area contributed by atoms with Crippen LogP contribution < -0.4 is 0 Å². The predicted octanol–water partition coefficient (Wildman–Crippen LogP) is 1.73. The molecular formula is C11H9ClFN3O3S. The Labute approximate surface area is 122 Å². The molecule has 106 valence electrons. The lowest BCUT2D eigenvalue weighted by molar-refractivity contribution is -0.133. The molecule has 0 bridgehead atoms. The maximum Gasteiger partial charge on any atom is 0.313 e. The van der Waals surface area contributed by atoms with Crippen molar-refractivity contribution in [3.63, 3.8) is 0 Å². The molecule has 9 heteroatoms. The second-order valence-electron chi connectivity index (χ2n) is 3.65. The minimum atomic E-state index is -1.05. The third-order valence-electron chi connectivity index (χ3n) is 2.33. The summed E-state index contributed by atoms with van der Waals surface area (Å²) in [7, 11) is 0. The van der Waals surface area contributed by atoms with E-state index in [0.29, 0.717) is 0 Å². The lowest BCUT2D eigenvalue weighted by Gasteiger charge is -2.11. The van der Waals surface area contributed by atoms with Gasteiger partial charge in [-0.2, -0.15) is 0 Å². The van der Waals surface area contributed by atoms with E-state index in [1.54, 1.807) is 0 Å². The first-order chi connectivity index (χ1) is 9.54. The molecule has 1 heterocycles. The van der Waals surface area contributed by atoms with Gasteiger partial charge in [-0.15, -0.1) is 10.2 Å². The number of thioether (sulfide) groups is 1. The smallest absolute Gasteiger partial charge is 0.313 e.